The van der Waals surface area contributed by atoms with E-state index in [1.165, 1.54) is 17.0 Å². The molecule has 6 heteroatoms. The summed E-state index contributed by atoms with van der Waals surface area (Å²) in [5.74, 6) is -0.972. The second kappa shape index (κ2) is 5.27. The standard InChI is InChI=1S/C12H10ClF2N3/c1-2-18(9-5-3-4-8(14)6-9)11-10(15)7-16-12(13)17-11/h3-7H,2H2,1H3. The second-order valence-corrected chi connectivity index (χ2v) is 3.87. The molecular formula is C12H10ClF2N3. The van der Waals surface area contributed by atoms with E-state index < -0.39 is 11.6 Å². The molecule has 3 nitrogen and oxygen atoms in total. The lowest BCUT2D eigenvalue weighted by atomic mass is 10.2. The summed E-state index contributed by atoms with van der Waals surface area (Å²) >= 11 is 5.65. The Kier molecular flexibility index (Phi) is 3.72. The molecule has 0 spiro atoms. The van der Waals surface area contributed by atoms with Gasteiger partial charge in [0.1, 0.15) is 5.82 Å². The summed E-state index contributed by atoms with van der Waals surface area (Å²) in [4.78, 5) is 8.90. The lowest BCUT2D eigenvalue weighted by Crippen LogP contribution is -2.19. The molecule has 0 bridgehead atoms. The quantitative estimate of drug-likeness (QED) is 0.798. The molecule has 0 fully saturated rings. The highest BCUT2D eigenvalue weighted by atomic mass is 35.5. The van der Waals surface area contributed by atoms with Gasteiger partial charge in [-0.15, -0.1) is 0 Å². The van der Waals surface area contributed by atoms with Crippen molar-refractivity contribution >= 4 is 23.1 Å². The van der Waals surface area contributed by atoms with Gasteiger partial charge in [-0.05, 0) is 36.7 Å². The molecule has 0 saturated carbocycles. The number of aromatic nitrogens is 2. The zero-order valence-corrected chi connectivity index (χ0v) is 10.3. The highest BCUT2D eigenvalue weighted by Crippen LogP contribution is 2.26. The minimum Gasteiger partial charge on any atom is -0.324 e. The van der Waals surface area contributed by atoms with Crippen molar-refractivity contribution in [1.29, 1.82) is 0 Å². The topological polar surface area (TPSA) is 29.0 Å². The molecule has 94 valence electrons. The van der Waals surface area contributed by atoms with E-state index in [4.69, 9.17) is 11.6 Å². The van der Waals surface area contributed by atoms with Crippen LogP contribution in [0.1, 0.15) is 6.92 Å². The maximum atomic E-state index is 13.7. The van der Waals surface area contributed by atoms with Gasteiger partial charge in [-0.2, -0.15) is 4.98 Å². The first-order valence-electron chi connectivity index (χ1n) is 5.33. The van der Waals surface area contributed by atoms with Gasteiger partial charge < -0.3 is 4.90 Å². The summed E-state index contributed by atoms with van der Waals surface area (Å²) in [6.07, 6.45) is 0.993. The Morgan fingerprint density at radius 3 is 2.78 bits per heavy atom. The first-order valence-corrected chi connectivity index (χ1v) is 5.70. The van der Waals surface area contributed by atoms with Gasteiger partial charge in [0.25, 0.3) is 0 Å². The van der Waals surface area contributed by atoms with Crippen LogP contribution in [0.4, 0.5) is 20.3 Å². The molecule has 1 aromatic heterocycles. The van der Waals surface area contributed by atoms with Crippen LogP contribution < -0.4 is 4.90 Å². The smallest absolute Gasteiger partial charge is 0.224 e. The first-order chi connectivity index (χ1) is 8.61. The predicted octanol–water partition coefficient (Wildman–Crippen LogP) is 3.57. The van der Waals surface area contributed by atoms with Crippen molar-refractivity contribution < 1.29 is 8.78 Å². The molecule has 0 aliphatic heterocycles. The molecule has 1 heterocycles. The average molecular weight is 270 g/mol. The normalized spacial score (nSPS) is 10.4. The third-order valence-corrected chi connectivity index (χ3v) is 2.57. The van der Waals surface area contributed by atoms with Crippen molar-refractivity contribution in [3.05, 3.63) is 47.4 Å². The van der Waals surface area contributed by atoms with Crippen LogP contribution in [-0.2, 0) is 0 Å². The van der Waals surface area contributed by atoms with Crippen LogP contribution in [0.25, 0.3) is 0 Å². The van der Waals surface area contributed by atoms with E-state index in [2.05, 4.69) is 9.97 Å². The monoisotopic (exact) mass is 269 g/mol. The molecule has 0 atom stereocenters. The van der Waals surface area contributed by atoms with E-state index in [1.54, 1.807) is 19.1 Å². The lowest BCUT2D eigenvalue weighted by molar-refractivity contribution is 0.609. The number of hydrogen-bond acceptors (Lipinski definition) is 3. The van der Waals surface area contributed by atoms with E-state index in [0.29, 0.717) is 12.2 Å². The Labute approximate surface area is 108 Å². The van der Waals surface area contributed by atoms with Gasteiger partial charge in [0.05, 0.1) is 6.20 Å². The van der Waals surface area contributed by atoms with Gasteiger partial charge in [0.2, 0.25) is 5.28 Å². The Hall–Kier alpha value is -1.75. The molecule has 2 rings (SSSR count). The maximum Gasteiger partial charge on any atom is 0.224 e. The van der Waals surface area contributed by atoms with Gasteiger partial charge in [-0.1, -0.05) is 6.07 Å². The van der Waals surface area contributed by atoms with Gasteiger partial charge in [0.15, 0.2) is 11.6 Å². The number of anilines is 2. The second-order valence-electron chi connectivity index (χ2n) is 3.53. The van der Waals surface area contributed by atoms with E-state index in [9.17, 15) is 8.78 Å². The van der Waals surface area contributed by atoms with Crippen molar-refractivity contribution in [2.24, 2.45) is 0 Å². The molecule has 0 aliphatic carbocycles. The van der Waals surface area contributed by atoms with Gasteiger partial charge in [-0.25, -0.2) is 13.8 Å². The molecule has 2 aromatic rings. The Balaban J connectivity index is 2.48. The summed E-state index contributed by atoms with van der Waals surface area (Å²) in [5, 5.41) is -0.0544. The number of benzene rings is 1. The maximum absolute atomic E-state index is 13.7. The number of hydrogen-bond donors (Lipinski definition) is 0. The van der Waals surface area contributed by atoms with Crippen LogP contribution in [0.2, 0.25) is 5.28 Å². The van der Waals surface area contributed by atoms with Crippen molar-refractivity contribution in [1.82, 2.24) is 9.97 Å². The highest BCUT2D eigenvalue weighted by molar-refractivity contribution is 6.28. The summed E-state index contributed by atoms with van der Waals surface area (Å²) in [7, 11) is 0. The molecule has 1 aromatic carbocycles. The summed E-state index contributed by atoms with van der Waals surface area (Å²) in [5.41, 5.74) is 0.506. The fourth-order valence-electron chi connectivity index (χ4n) is 1.63. The van der Waals surface area contributed by atoms with Crippen LogP contribution in [0, 0.1) is 11.6 Å². The summed E-state index contributed by atoms with van der Waals surface area (Å²) < 4.78 is 26.9. The van der Waals surface area contributed by atoms with Gasteiger partial charge in [0, 0.05) is 12.2 Å². The summed E-state index contributed by atoms with van der Waals surface area (Å²) in [6.45, 7) is 2.23. The third-order valence-electron chi connectivity index (χ3n) is 2.39. The van der Waals surface area contributed by atoms with Gasteiger partial charge in [-0.3, -0.25) is 0 Å². The van der Waals surface area contributed by atoms with E-state index in [1.807, 2.05) is 0 Å². The van der Waals surface area contributed by atoms with Crippen LogP contribution in [-0.4, -0.2) is 16.5 Å². The Morgan fingerprint density at radius 1 is 1.33 bits per heavy atom. The van der Waals surface area contributed by atoms with Gasteiger partial charge >= 0.3 is 0 Å². The van der Waals surface area contributed by atoms with Crippen LogP contribution in [0.5, 0.6) is 0 Å². The molecule has 0 radical (unpaired) electrons. The minimum absolute atomic E-state index is 0.0306. The molecule has 0 saturated heterocycles. The average Bonchev–Trinajstić information content (AvgIpc) is 2.35. The fraction of sp³-hybridized carbons (Fsp3) is 0.167. The minimum atomic E-state index is -0.606. The van der Waals surface area contributed by atoms with Crippen LogP contribution in [0.15, 0.2) is 30.5 Å². The SMILES string of the molecule is CCN(c1cccc(F)c1)c1nc(Cl)ncc1F. The van der Waals surface area contributed by atoms with Crippen LogP contribution >= 0.6 is 11.6 Å². The number of rotatable bonds is 3. The van der Waals surface area contributed by atoms with Crippen molar-refractivity contribution in [3.63, 3.8) is 0 Å². The Morgan fingerprint density at radius 2 is 2.11 bits per heavy atom. The molecule has 0 N–H and O–H groups in total. The lowest BCUT2D eigenvalue weighted by Gasteiger charge is -2.22. The largest absolute Gasteiger partial charge is 0.324 e. The van der Waals surface area contributed by atoms with E-state index >= 15 is 0 Å². The van der Waals surface area contributed by atoms with Crippen molar-refractivity contribution in [2.45, 2.75) is 6.92 Å². The third kappa shape index (κ3) is 2.56. The van der Waals surface area contributed by atoms with E-state index in [0.717, 1.165) is 6.20 Å². The number of nitrogens with zero attached hydrogens (tertiary/aromatic N) is 3. The zero-order chi connectivity index (χ0) is 13.1. The van der Waals surface area contributed by atoms with E-state index in [-0.39, 0.29) is 11.1 Å². The Bertz CT molecular complexity index is 563. The molecule has 0 aliphatic rings. The van der Waals surface area contributed by atoms with Crippen LogP contribution in [0.3, 0.4) is 0 Å². The molecular weight excluding hydrogens is 260 g/mol. The predicted molar refractivity (Wildman–Crippen MR) is 66.1 cm³/mol. The van der Waals surface area contributed by atoms with Crippen molar-refractivity contribution in [3.8, 4) is 0 Å². The summed E-state index contributed by atoms with van der Waals surface area (Å²) in [6, 6.07) is 5.84. The fourth-order valence-corrected chi connectivity index (χ4v) is 1.75. The molecule has 0 amide bonds. The zero-order valence-electron chi connectivity index (χ0n) is 9.57. The highest BCUT2D eigenvalue weighted by Gasteiger charge is 2.15. The molecule has 0 unspecified atom stereocenters. The van der Waals surface area contributed by atoms with Crippen molar-refractivity contribution in [2.75, 3.05) is 11.4 Å². The molecule has 18 heavy (non-hydrogen) atoms. The number of halogens is 3. The first kappa shape index (κ1) is 12.7.